The van der Waals surface area contributed by atoms with Crippen molar-refractivity contribution < 1.29 is 9.53 Å². The Labute approximate surface area is 126 Å². The number of hydrogen-bond acceptors (Lipinski definition) is 4. The largest absolute Gasteiger partial charge is 0.378 e. The lowest BCUT2D eigenvalue weighted by Crippen LogP contribution is -2.33. The maximum atomic E-state index is 11.7. The topological polar surface area (TPSA) is 50.4 Å². The summed E-state index contributed by atoms with van der Waals surface area (Å²) in [6.45, 7) is 3.48. The summed E-state index contributed by atoms with van der Waals surface area (Å²) in [5.74, 6) is -0.0104. The van der Waals surface area contributed by atoms with Gasteiger partial charge in [0.05, 0.1) is 15.5 Å². The highest BCUT2D eigenvalue weighted by molar-refractivity contribution is 9.11. The number of carbonyl (C=O) groups excluding carboxylic acids is 1. The Balaban J connectivity index is 1.55. The van der Waals surface area contributed by atoms with Gasteiger partial charge in [0.1, 0.15) is 0 Å². The van der Waals surface area contributed by atoms with E-state index in [9.17, 15) is 4.79 Å². The molecule has 1 aliphatic rings. The van der Waals surface area contributed by atoms with Crippen LogP contribution in [0.5, 0.6) is 0 Å². The van der Waals surface area contributed by atoms with E-state index in [0.717, 1.165) is 48.3 Å². The molecule has 2 heterocycles. The van der Waals surface area contributed by atoms with Gasteiger partial charge in [0.25, 0.3) is 5.91 Å². The highest BCUT2D eigenvalue weighted by atomic mass is 79.9. The van der Waals surface area contributed by atoms with E-state index in [1.165, 1.54) is 11.3 Å². The third-order valence-corrected chi connectivity index (χ3v) is 4.58. The number of halogens is 1. The molecule has 0 spiro atoms. The molecule has 1 aliphatic heterocycles. The second kappa shape index (κ2) is 7.99. The van der Waals surface area contributed by atoms with Crippen molar-refractivity contribution in [3.63, 3.8) is 0 Å². The first-order valence-electron chi connectivity index (χ1n) is 6.60. The molecule has 0 atom stereocenters. The molecule has 1 amide bonds. The average molecular weight is 347 g/mol. The molecule has 0 aromatic carbocycles. The van der Waals surface area contributed by atoms with E-state index < -0.39 is 0 Å². The molecule has 0 unspecified atom stereocenters. The molecule has 1 fully saturated rings. The quantitative estimate of drug-likeness (QED) is 0.777. The number of piperidine rings is 1. The van der Waals surface area contributed by atoms with Crippen LogP contribution < -0.4 is 10.6 Å². The summed E-state index contributed by atoms with van der Waals surface area (Å²) in [4.78, 5) is 11.7. The highest BCUT2D eigenvalue weighted by Crippen LogP contribution is 2.20. The Hall–Kier alpha value is -0.430. The van der Waals surface area contributed by atoms with Crippen molar-refractivity contribution in [2.75, 3.05) is 26.2 Å². The monoisotopic (exact) mass is 346 g/mol. The second-order valence-electron chi connectivity index (χ2n) is 4.57. The number of ether oxygens (including phenoxy) is 1. The Morgan fingerprint density at radius 3 is 3.00 bits per heavy atom. The predicted molar refractivity (Wildman–Crippen MR) is 80.8 cm³/mol. The first-order valence-corrected chi connectivity index (χ1v) is 8.27. The summed E-state index contributed by atoms with van der Waals surface area (Å²) in [5.41, 5.74) is 0.719. The smallest absolute Gasteiger partial charge is 0.252 e. The van der Waals surface area contributed by atoms with Gasteiger partial charge in [0.2, 0.25) is 0 Å². The van der Waals surface area contributed by atoms with Gasteiger partial charge >= 0.3 is 0 Å². The Bertz CT molecular complexity index is 405. The van der Waals surface area contributed by atoms with Gasteiger partial charge in [-0.15, -0.1) is 11.3 Å². The third kappa shape index (κ3) is 5.22. The van der Waals surface area contributed by atoms with Gasteiger partial charge in [0, 0.05) is 18.5 Å². The van der Waals surface area contributed by atoms with Gasteiger partial charge in [-0.1, -0.05) is 0 Å². The van der Waals surface area contributed by atoms with Crippen LogP contribution in [-0.4, -0.2) is 38.3 Å². The normalized spacial score (nSPS) is 16.5. The lowest BCUT2D eigenvalue weighted by atomic mass is 10.1. The first kappa shape index (κ1) is 15.0. The minimum absolute atomic E-state index is 0.0104. The molecule has 4 nitrogen and oxygen atoms in total. The molecule has 1 aromatic heterocycles. The Morgan fingerprint density at radius 2 is 2.32 bits per heavy atom. The van der Waals surface area contributed by atoms with Crippen LogP contribution in [0.1, 0.15) is 29.6 Å². The Kier molecular flexibility index (Phi) is 6.30. The highest BCUT2D eigenvalue weighted by Gasteiger charge is 2.12. The first-order chi connectivity index (χ1) is 9.25. The van der Waals surface area contributed by atoms with E-state index in [1.807, 2.05) is 11.4 Å². The molecule has 0 bridgehead atoms. The van der Waals surface area contributed by atoms with Gasteiger partial charge in [-0.3, -0.25) is 4.79 Å². The van der Waals surface area contributed by atoms with E-state index in [4.69, 9.17) is 4.74 Å². The fraction of sp³-hybridized carbons (Fsp3) is 0.615. The van der Waals surface area contributed by atoms with Crippen LogP contribution in [0.25, 0.3) is 0 Å². The van der Waals surface area contributed by atoms with Crippen molar-refractivity contribution in [3.8, 4) is 0 Å². The molecule has 2 rings (SSSR count). The van der Waals surface area contributed by atoms with Crippen molar-refractivity contribution in [2.24, 2.45) is 0 Å². The molecule has 0 radical (unpaired) electrons. The molecule has 2 N–H and O–H groups in total. The number of nitrogens with one attached hydrogen (secondary N) is 2. The lowest BCUT2D eigenvalue weighted by Gasteiger charge is -2.22. The maximum absolute atomic E-state index is 11.7. The summed E-state index contributed by atoms with van der Waals surface area (Å²) in [6, 6.07) is 1.84. The van der Waals surface area contributed by atoms with Gasteiger partial charge in [-0.2, -0.15) is 0 Å². The van der Waals surface area contributed by atoms with Crippen LogP contribution >= 0.6 is 27.3 Å². The van der Waals surface area contributed by atoms with Crippen molar-refractivity contribution in [1.29, 1.82) is 0 Å². The summed E-state index contributed by atoms with van der Waals surface area (Å²) >= 11 is 4.87. The average Bonchev–Trinajstić information content (AvgIpc) is 2.86. The zero-order valence-electron chi connectivity index (χ0n) is 10.8. The summed E-state index contributed by atoms with van der Waals surface area (Å²) < 4.78 is 6.76. The van der Waals surface area contributed by atoms with Crippen molar-refractivity contribution in [1.82, 2.24) is 10.6 Å². The minimum Gasteiger partial charge on any atom is -0.378 e. The fourth-order valence-corrected chi connectivity index (χ4v) is 3.15. The minimum atomic E-state index is -0.0104. The number of hydrogen-bond donors (Lipinski definition) is 2. The van der Waals surface area contributed by atoms with Crippen LogP contribution in [0.4, 0.5) is 0 Å². The molecule has 1 aromatic rings. The van der Waals surface area contributed by atoms with Crippen molar-refractivity contribution >= 4 is 33.2 Å². The molecule has 0 aliphatic carbocycles. The van der Waals surface area contributed by atoms with Gasteiger partial charge in [-0.05, 0) is 54.3 Å². The van der Waals surface area contributed by atoms with Crippen LogP contribution in [0.3, 0.4) is 0 Å². The summed E-state index contributed by atoms with van der Waals surface area (Å²) in [7, 11) is 0. The molecular formula is C13H19BrN2O2S. The van der Waals surface area contributed by atoms with E-state index >= 15 is 0 Å². The van der Waals surface area contributed by atoms with Gasteiger partial charge in [0.15, 0.2) is 0 Å². The van der Waals surface area contributed by atoms with Crippen LogP contribution in [0.2, 0.25) is 0 Å². The summed E-state index contributed by atoms with van der Waals surface area (Å²) in [5, 5.41) is 8.07. The third-order valence-electron chi connectivity index (χ3n) is 3.08. The van der Waals surface area contributed by atoms with Gasteiger partial charge < -0.3 is 15.4 Å². The van der Waals surface area contributed by atoms with Crippen LogP contribution in [0.15, 0.2) is 15.2 Å². The van der Waals surface area contributed by atoms with E-state index in [2.05, 4.69) is 26.6 Å². The number of thiophene rings is 1. The molecule has 19 heavy (non-hydrogen) atoms. The maximum Gasteiger partial charge on any atom is 0.252 e. The van der Waals surface area contributed by atoms with E-state index in [-0.39, 0.29) is 5.91 Å². The molecular weight excluding hydrogens is 328 g/mol. The van der Waals surface area contributed by atoms with E-state index in [1.54, 1.807) is 0 Å². The molecule has 106 valence electrons. The SMILES string of the molecule is O=C(NCCCOC1CCNCC1)c1csc(Br)c1. The standard InChI is InChI=1S/C13H19BrN2O2S/c14-12-8-10(9-19-12)13(17)16-4-1-7-18-11-2-5-15-6-3-11/h8-9,11,15H,1-7H2,(H,16,17). The predicted octanol–water partition coefficient (Wildman–Crippen LogP) is 2.40. The van der Waals surface area contributed by atoms with Crippen LogP contribution in [0, 0.1) is 0 Å². The van der Waals surface area contributed by atoms with Crippen molar-refractivity contribution in [2.45, 2.75) is 25.4 Å². The number of carbonyl (C=O) groups is 1. The van der Waals surface area contributed by atoms with Crippen molar-refractivity contribution in [3.05, 3.63) is 20.8 Å². The molecule has 6 heteroatoms. The fourth-order valence-electron chi connectivity index (χ4n) is 2.02. The zero-order valence-corrected chi connectivity index (χ0v) is 13.2. The lowest BCUT2D eigenvalue weighted by molar-refractivity contribution is 0.0318. The van der Waals surface area contributed by atoms with E-state index in [0.29, 0.717) is 12.6 Å². The molecule has 0 saturated carbocycles. The van der Waals surface area contributed by atoms with Crippen LogP contribution in [-0.2, 0) is 4.74 Å². The molecule has 1 saturated heterocycles. The number of amides is 1. The zero-order chi connectivity index (χ0) is 13.5. The second-order valence-corrected chi connectivity index (χ2v) is 6.86. The Morgan fingerprint density at radius 1 is 1.53 bits per heavy atom. The summed E-state index contributed by atoms with van der Waals surface area (Å²) in [6.07, 6.45) is 3.44. The number of rotatable bonds is 6. The van der Waals surface area contributed by atoms with Gasteiger partial charge in [-0.25, -0.2) is 0 Å².